The number of nitrogens with one attached hydrogen (secondary N) is 2. The molecule has 0 spiro atoms. The Labute approximate surface area is 379 Å². The number of imide groups is 1. The molecule has 1 aliphatic heterocycles. The van der Waals surface area contributed by atoms with Crippen LogP contribution in [0.4, 0.5) is 27.7 Å². The van der Waals surface area contributed by atoms with Crippen molar-refractivity contribution in [3.8, 4) is 5.75 Å². The van der Waals surface area contributed by atoms with Gasteiger partial charge in [-0.1, -0.05) is 56.5 Å². The molecule has 1 atom stereocenters. The van der Waals surface area contributed by atoms with Crippen LogP contribution in [0, 0.1) is 12.7 Å². The number of anilines is 4. The zero-order chi connectivity index (χ0) is 45.9. The molecule has 1 unspecified atom stereocenters. The predicted octanol–water partition coefficient (Wildman–Crippen LogP) is 9.28. The Bertz CT molecular complexity index is 2010. The standard InChI is InChI=1S/C21H23ClFNO5.C15H22ClNO2.C8H14ClN5/c1-2-3-6-9-28-19(25)12-29-18-11-17(16(23)10-15(18)22)24-20(26)13-7-4-5-8-14(13)21(24)27;1-5-13-8-6-7-11(2)15(13)17(14(18)9-16)12(3)10-19-4;1-4-10-7-12-6(9)13-8(14-7)11-5(2)3/h10-11H,2-9,12H2,1H3;6-8,12H,5,9-10H2,1-4H3;5H,4H2,1-3H3,(H2,10,11,12,13,14). The molecule has 1 aromatic heterocycles. The lowest BCUT2D eigenvalue weighted by molar-refractivity contribution is -0.146. The number of ether oxygens (including phenoxy) is 3. The van der Waals surface area contributed by atoms with Gasteiger partial charge in [-0.2, -0.15) is 15.0 Å². The summed E-state index contributed by atoms with van der Waals surface area (Å²) in [6, 6.07) is 8.46. The third kappa shape index (κ3) is 14.8. The van der Waals surface area contributed by atoms with Crippen LogP contribution in [-0.4, -0.2) is 90.1 Å². The van der Waals surface area contributed by atoms with Crippen molar-refractivity contribution in [2.24, 2.45) is 0 Å². The first kappa shape index (κ1) is 51.8. The van der Waals surface area contributed by atoms with Crippen molar-refractivity contribution in [2.45, 2.75) is 112 Å². The second kappa shape index (κ2) is 26.1. The maximum absolute atomic E-state index is 14.5. The van der Waals surface area contributed by atoms with E-state index in [9.17, 15) is 23.6 Å². The summed E-state index contributed by atoms with van der Waals surface area (Å²) in [7, 11) is 1.64. The van der Waals surface area contributed by atoms with Gasteiger partial charge in [0.15, 0.2) is 6.61 Å². The Balaban J connectivity index is 0.000000268. The van der Waals surface area contributed by atoms with Gasteiger partial charge < -0.3 is 29.7 Å². The minimum atomic E-state index is -0.814. The topological polar surface area (TPSA) is 165 Å². The number of hydrogen-bond acceptors (Lipinski definition) is 12. The number of halogens is 4. The number of carbonyl (C=O) groups is 4. The van der Waals surface area contributed by atoms with Crippen LogP contribution in [0.2, 0.25) is 10.3 Å². The maximum Gasteiger partial charge on any atom is 0.344 e. The first-order valence-electron chi connectivity index (χ1n) is 20.9. The molecule has 1 aliphatic carbocycles. The molecule has 62 heavy (non-hydrogen) atoms. The van der Waals surface area contributed by atoms with Gasteiger partial charge in [-0.15, -0.1) is 11.6 Å². The number of carbonyl (C=O) groups excluding carboxylic acids is 4. The molecule has 3 amide bonds. The fraction of sp³-hybridized carbons (Fsp3) is 0.523. The molecular formula is C44H59Cl3FN7O7. The highest BCUT2D eigenvalue weighted by Crippen LogP contribution is 2.39. The number of rotatable bonds is 18. The number of nitrogens with zero attached hydrogens (tertiary/aromatic N) is 5. The minimum absolute atomic E-state index is 0.000883. The zero-order valence-electron chi connectivity index (χ0n) is 36.8. The lowest BCUT2D eigenvalue weighted by Gasteiger charge is -2.31. The molecule has 18 heteroatoms. The number of hydrogen-bond donors (Lipinski definition) is 2. The predicted molar refractivity (Wildman–Crippen MR) is 243 cm³/mol. The third-order valence-electron chi connectivity index (χ3n) is 9.52. The van der Waals surface area contributed by atoms with Crippen LogP contribution < -0.4 is 25.2 Å². The molecule has 0 saturated heterocycles. The van der Waals surface area contributed by atoms with Crippen molar-refractivity contribution in [3.63, 3.8) is 0 Å². The SMILES string of the molecule is CCCCCOC(=O)COc1cc(N2C(=O)C3=C(CCCC3)C2=O)c(F)cc1Cl.CCNc1nc(Cl)nc(NC(C)C)n1.CCc1cccc(C)c1N(C(=O)CCl)C(C)COC. The van der Waals surface area contributed by atoms with E-state index in [1.165, 1.54) is 6.07 Å². The van der Waals surface area contributed by atoms with E-state index in [0.717, 1.165) is 72.9 Å². The van der Waals surface area contributed by atoms with Crippen molar-refractivity contribution in [1.29, 1.82) is 0 Å². The summed E-state index contributed by atoms with van der Waals surface area (Å²) in [4.78, 5) is 63.9. The number of unbranched alkanes of at least 4 members (excludes halogenated alkanes) is 2. The van der Waals surface area contributed by atoms with Crippen molar-refractivity contribution in [2.75, 3.05) is 59.8 Å². The summed E-state index contributed by atoms with van der Waals surface area (Å²) in [5.41, 5.74) is 3.88. The lowest BCUT2D eigenvalue weighted by Crippen LogP contribution is -2.43. The maximum atomic E-state index is 14.5. The number of para-hydroxylation sites is 1. The summed E-state index contributed by atoms with van der Waals surface area (Å²) in [6.07, 6.45) is 6.28. The van der Waals surface area contributed by atoms with Gasteiger partial charge in [0.25, 0.3) is 11.8 Å². The van der Waals surface area contributed by atoms with Crippen molar-refractivity contribution in [1.82, 2.24) is 15.0 Å². The first-order chi connectivity index (χ1) is 29.6. The molecule has 0 saturated carbocycles. The Hall–Kier alpha value is -4.57. The van der Waals surface area contributed by atoms with E-state index in [4.69, 9.17) is 49.0 Å². The fourth-order valence-corrected chi connectivity index (χ4v) is 7.20. The van der Waals surface area contributed by atoms with Gasteiger partial charge >= 0.3 is 5.97 Å². The fourth-order valence-electron chi connectivity index (χ4n) is 6.71. The van der Waals surface area contributed by atoms with Crippen LogP contribution >= 0.6 is 34.8 Å². The van der Waals surface area contributed by atoms with Crippen LogP contribution in [0.1, 0.15) is 97.6 Å². The summed E-state index contributed by atoms with van der Waals surface area (Å²) < 4.78 is 30.1. The molecule has 3 aromatic rings. The smallest absolute Gasteiger partial charge is 0.344 e. The quantitative estimate of drug-likeness (QED) is 0.0539. The molecule has 5 rings (SSSR count). The molecule has 340 valence electrons. The van der Waals surface area contributed by atoms with Gasteiger partial charge in [0.2, 0.25) is 23.1 Å². The van der Waals surface area contributed by atoms with Crippen LogP contribution in [0.15, 0.2) is 41.5 Å². The average molecular weight is 923 g/mol. The van der Waals surface area contributed by atoms with E-state index in [0.29, 0.717) is 49.1 Å². The summed E-state index contributed by atoms with van der Waals surface area (Å²) in [5, 5.41) is 6.16. The summed E-state index contributed by atoms with van der Waals surface area (Å²) in [5.74, 6) is -1.52. The Kier molecular flexibility index (Phi) is 21.8. The van der Waals surface area contributed by atoms with Crippen LogP contribution in [0.3, 0.4) is 0 Å². The van der Waals surface area contributed by atoms with Gasteiger partial charge in [-0.25, -0.2) is 14.1 Å². The number of benzene rings is 2. The molecule has 2 N–H and O–H groups in total. The van der Waals surface area contributed by atoms with E-state index >= 15 is 0 Å². The highest BCUT2D eigenvalue weighted by atomic mass is 35.5. The Morgan fingerprint density at radius 3 is 2.21 bits per heavy atom. The van der Waals surface area contributed by atoms with Crippen LogP contribution in [-0.2, 0) is 35.1 Å². The van der Waals surface area contributed by atoms with Crippen molar-refractivity contribution < 1.29 is 37.8 Å². The van der Waals surface area contributed by atoms with E-state index in [2.05, 4.69) is 38.6 Å². The van der Waals surface area contributed by atoms with Crippen molar-refractivity contribution >= 4 is 81.8 Å². The molecule has 14 nitrogen and oxygen atoms in total. The summed E-state index contributed by atoms with van der Waals surface area (Å²) >= 11 is 17.5. The van der Waals surface area contributed by atoms with E-state index in [1.807, 2.05) is 53.7 Å². The van der Waals surface area contributed by atoms with Crippen LogP contribution in [0.5, 0.6) is 5.75 Å². The molecule has 0 radical (unpaired) electrons. The van der Waals surface area contributed by atoms with E-state index in [1.54, 1.807) is 12.0 Å². The summed E-state index contributed by atoms with van der Waals surface area (Å²) in [6.45, 7) is 15.2. The normalized spacial score (nSPS) is 13.7. The first-order valence-corrected chi connectivity index (χ1v) is 22.2. The van der Waals surface area contributed by atoms with Crippen LogP contribution in [0.25, 0.3) is 0 Å². The highest BCUT2D eigenvalue weighted by Gasteiger charge is 2.41. The molecule has 2 aliphatic rings. The van der Waals surface area contributed by atoms with Gasteiger partial charge in [-0.3, -0.25) is 14.4 Å². The number of esters is 1. The highest BCUT2D eigenvalue weighted by molar-refractivity contribution is 6.34. The zero-order valence-corrected chi connectivity index (χ0v) is 39.1. The average Bonchev–Trinajstić information content (AvgIpc) is 3.48. The molecular weight excluding hydrogens is 864 g/mol. The third-order valence-corrected chi connectivity index (χ3v) is 10.2. The Morgan fingerprint density at radius 2 is 1.63 bits per heavy atom. The monoisotopic (exact) mass is 921 g/mol. The second-order valence-electron chi connectivity index (χ2n) is 14.8. The minimum Gasteiger partial charge on any atom is -0.480 e. The lowest BCUT2D eigenvalue weighted by atomic mass is 9.93. The number of methoxy groups -OCH3 is 1. The molecule has 2 aromatic carbocycles. The second-order valence-corrected chi connectivity index (χ2v) is 15.8. The molecule has 0 bridgehead atoms. The van der Waals surface area contributed by atoms with Gasteiger partial charge in [0.1, 0.15) is 17.4 Å². The number of aryl methyl sites for hydroxylation is 2. The molecule has 2 heterocycles. The number of amides is 3. The largest absolute Gasteiger partial charge is 0.480 e. The van der Waals surface area contributed by atoms with Gasteiger partial charge in [-0.05, 0) is 102 Å². The number of alkyl halides is 1. The Morgan fingerprint density at radius 1 is 0.968 bits per heavy atom. The van der Waals surface area contributed by atoms with E-state index < -0.39 is 30.2 Å². The van der Waals surface area contributed by atoms with Crippen molar-refractivity contribution in [3.05, 3.63) is 68.7 Å². The van der Waals surface area contributed by atoms with Gasteiger partial charge in [0.05, 0.1) is 35.7 Å². The van der Waals surface area contributed by atoms with Gasteiger partial charge in [0, 0.05) is 36.9 Å². The number of aromatic nitrogens is 3. The molecule has 0 fully saturated rings. The van der Waals surface area contributed by atoms with E-state index in [-0.39, 0.29) is 45.6 Å².